The van der Waals surface area contributed by atoms with Crippen molar-refractivity contribution in [2.75, 3.05) is 13.2 Å². The van der Waals surface area contributed by atoms with Crippen molar-refractivity contribution >= 4 is 23.1 Å². The molecule has 0 saturated heterocycles. The number of hydrogen-bond acceptors (Lipinski definition) is 8. The van der Waals surface area contributed by atoms with Gasteiger partial charge in [-0.15, -0.1) is 11.3 Å². The van der Waals surface area contributed by atoms with E-state index in [9.17, 15) is 9.59 Å². The second-order valence-electron chi connectivity index (χ2n) is 5.53. The van der Waals surface area contributed by atoms with Gasteiger partial charge in [-0.1, -0.05) is 11.2 Å². The molecule has 0 saturated carbocycles. The SMILES string of the molecule is CCOc1ccc(C(=O)COC(=O)CCc2nc(-c3cccs3)no2)cc1. The highest BCUT2D eigenvalue weighted by Gasteiger charge is 2.14. The van der Waals surface area contributed by atoms with Crippen LogP contribution in [-0.2, 0) is 16.0 Å². The Labute approximate surface area is 159 Å². The van der Waals surface area contributed by atoms with Crippen LogP contribution in [0.15, 0.2) is 46.3 Å². The molecular weight excluding hydrogens is 368 g/mol. The van der Waals surface area contributed by atoms with Crippen LogP contribution in [0.2, 0.25) is 0 Å². The Morgan fingerprint density at radius 3 is 2.70 bits per heavy atom. The minimum absolute atomic E-state index is 0.0582. The molecule has 0 amide bonds. The lowest BCUT2D eigenvalue weighted by atomic mass is 10.1. The van der Waals surface area contributed by atoms with E-state index in [-0.39, 0.29) is 25.2 Å². The minimum atomic E-state index is -0.495. The first-order valence-electron chi connectivity index (χ1n) is 8.44. The quantitative estimate of drug-likeness (QED) is 0.410. The van der Waals surface area contributed by atoms with Crippen molar-refractivity contribution in [1.82, 2.24) is 10.1 Å². The average molecular weight is 386 g/mol. The number of esters is 1. The van der Waals surface area contributed by atoms with Gasteiger partial charge in [0.1, 0.15) is 5.75 Å². The van der Waals surface area contributed by atoms with E-state index < -0.39 is 5.97 Å². The van der Waals surface area contributed by atoms with Crippen molar-refractivity contribution < 1.29 is 23.6 Å². The third kappa shape index (κ3) is 5.24. The molecule has 0 aliphatic rings. The van der Waals surface area contributed by atoms with Gasteiger partial charge in [0, 0.05) is 12.0 Å². The number of thiophene rings is 1. The highest BCUT2D eigenvalue weighted by atomic mass is 32.1. The number of carbonyl (C=O) groups is 2. The molecular formula is C19H18N2O5S. The maximum atomic E-state index is 12.1. The zero-order valence-electron chi connectivity index (χ0n) is 14.7. The van der Waals surface area contributed by atoms with Crippen molar-refractivity contribution in [3.8, 4) is 16.5 Å². The third-order valence-corrected chi connectivity index (χ3v) is 4.47. The molecule has 2 aromatic heterocycles. The summed E-state index contributed by atoms with van der Waals surface area (Å²) in [5, 5.41) is 5.80. The maximum absolute atomic E-state index is 12.1. The average Bonchev–Trinajstić information content (AvgIpc) is 3.37. The van der Waals surface area contributed by atoms with Crippen LogP contribution in [0.3, 0.4) is 0 Å². The van der Waals surface area contributed by atoms with Crippen molar-refractivity contribution in [3.05, 3.63) is 53.2 Å². The standard InChI is InChI=1S/C19H18N2O5S/c1-2-24-14-7-5-13(6-8-14)15(22)12-25-18(23)10-9-17-20-19(21-26-17)16-4-3-11-27-16/h3-8,11H,2,9-10,12H2,1H3. The first-order chi connectivity index (χ1) is 13.2. The van der Waals surface area contributed by atoms with Crippen LogP contribution in [0.25, 0.3) is 10.7 Å². The summed E-state index contributed by atoms with van der Waals surface area (Å²) >= 11 is 1.50. The fourth-order valence-electron chi connectivity index (χ4n) is 2.28. The van der Waals surface area contributed by atoms with E-state index in [0.717, 1.165) is 4.88 Å². The molecule has 0 radical (unpaired) electrons. The van der Waals surface area contributed by atoms with Gasteiger partial charge in [0.05, 0.1) is 17.9 Å². The predicted molar refractivity (Wildman–Crippen MR) is 98.8 cm³/mol. The summed E-state index contributed by atoms with van der Waals surface area (Å²) < 4.78 is 15.5. The fourth-order valence-corrected chi connectivity index (χ4v) is 2.93. The number of rotatable bonds is 9. The molecule has 3 aromatic rings. The number of Topliss-reactive ketones (excluding diaryl/α,β-unsaturated/α-hetero) is 1. The summed E-state index contributed by atoms with van der Waals surface area (Å²) in [6.07, 6.45) is 0.317. The molecule has 0 aliphatic heterocycles. The number of aryl methyl sites for hydroxylation is 1. The number of aromatic nitrogens is 2. The number of benzene rings is 1. The molecule has 0 fully saturated rings. The zero-order valence-corrected chi connectivity index (χ0v) is 15.5. The second kappa shape index (κ2) is 9.09. The molecule has 0 atom stereocenters. The first-order valence-corrected chi connectivity index (χ1v) is 9.32. The molecule has 140 valence electrons. The third-order valence-electron chi connectivity index (χ3n) is 3.60. The Kier molecular flexibility index (Phi) is 6.32. The zero-order chi connectivity index (χ0) is 19.1. The highest BCUT2D eigenvalue weighted by Crippen LogP contribution is 2.21. The van der Waals surface area contributed by atoms with Crippen LogP contribution in [-0.4, -0.2) is 35.1 Å². The van der Waals surface area contributed by atoms with Crippen LogP contribution >= 0.6 is 11.3 Å². The molecule has 3 rings (SSSR count). The van der Waals surface area contributed by atoms with Gasteiger partial charge < -0.3 is 14.0 Å². The first kappa shape index (κ1) is 18.8. The van der Waals surface area contributed by atoms with E-state index >= 15 is 0 Å². The lowest BCUT2D eigenvalue weighted by molar-refractivity contribution is -0.142. The van der Waals surface area contributed by atoms with Crippen molar-refractivity contribution in [2.24, 2.45) is 0 Å². The molecule has 8 heteroatoms. The normalized spacial score (nSPS) is 10.6. The molecule has 0 bridgehead atoms. The van der Waals surface area contributed by atoms with Gasteiger partial charge in [0.25, 0.3) is 0 Å². The van der Waals surface area contributed by atoms with E-state index in [1.54, 1.807) is 24.3 Å². The maximum Gasteiger partial charge on any atom is 0.306 e. The molecule has 0 unspecified atom stereocenters. The summed E-state index contributed by atoms with van der Waals surface area (Å²) in [6, 6.07) is 10.5. The van der Waals surface area contributed by atoms with Gasteiger partial charge >= 0.3 is 5.97 Å². The summed E-state index contributed by atoms with van der Waals surface area (Å²) in [7, 11) is 0. The van der Waals surface area contributed by atoms with Crippen LogP contribution in [0.5, 0.6) is 5.75 Å². The molecule has 27 heavy (non-hydrogen) atoms. The van der Waals surface area contributed by atoms with Crippen molar-refractivity contribution in [1.29, 1.82) is 0 Å². The fraction of sp³-hybridized carbons (Fsp3) is 0.263. The Bertz CT molecular complexity index is 887. The van der Waals surface area contributed by atoms with Crippen LogP contribution < -0.4 is 4.74 Å². The van der Waals surface area contributed by atoms with Crippen LogP contribution in [0, 0.1) is 0 Å². The van der Waals surface area contributed by atoms with Gasteiger partial charge in [0.2, 0.25) is 11.7 Å². The van der Waals surface area contributed by atoms with Gasteiger partial charge in [0.15, 0.2) is 12.4 Å². The molecule has 7 nitrogen and oxygen atoms in total. The Morgan fingerprint density at radius 1 is 1.19 bits per heavy atom. The minimum Gasteiger partial charge on any atom is -0.494 e. The lowest BCUT2D eigenvalue weighted by Crippen LogP contribution is -2.14. The van der Waals surface area contributed by atoms with Gasteiger partial charge in [-0.2, -0.15) is 4.98 Å². The molecule has 0 aliphatic carbocycles. The van der Waals surface area contributed by atoms with Gasteiger partial charge in [-0.3, -0.25) is 9.59 Å². The van der Waals surface area contributed by atoms with Gasteiger partial charge in [-0.05, 0) is 42.6 Å². The number of ether oxygens (including phenoxy) is 2. The lowest BCUT2D eigenvalue weighted by Gasteiger charge is -2.05. The molecule has 1 aromatic carbocycles. The summed E-state index contributed by atoms with van der Waals surface area (Å²) in [6.45, 7) is 2.13. The summed E-state index contributed by atoms with van der Waals surface area (Å²) in [5.41, 5.74) is 0.462. The monoisotopic (exact) mass is 386 g/mol. The number of hydrogen-bond donors (Lipinski definition) is 0. The Balaban J connectivity index is 1.43. The van der Waals surface area contributed by atoms with E-state index in [1.165, 1.54) is 11.3 Å². The van der Waals surface area contributed by atoms with Crippen LogP contribution in [0.1, 0.15) is 29.6 Å². The van der Waals surface area contributed by atoms with Crippen molar-refractivity contribution in [2.45, 2.75) is 19.8 Å². The molecule has 0 N–H and O–H groups in total. The largest absolute Gasteiger partial charge is 0.494 e. The summed E-state index contributed by atoms with van der Waals surface area (Å²) in [5.74, 6) is 0.772. The van der Waals surface area contributed by atoms with E-state index in [4.69, 9.17) is 14.0 Å². The Hall–Kier alpha value is -3.00. The number of carbonyl (C=O) groups excluding carboxylic acids is 2. The van der Waals surface area contributed by atoms with Crippen LogP contribution in [0.4, 0.5) is 0 Å². The Morgan fingerprint density at radius 2 is 2.00 bits per heavy atom. The predicted octanol–water partition coefficient (Wildman–Crippen LogP) is 3.56. The van der Waals surface area contributed by atoms with E-state index in [0.29, 0.717) is 29.6 Å². The molecule has 2 heterocycles. The van der Waals surface area contributed by atoms with Gasteiger partial charge in [-0.25, -0.2) is 0 Å². The second-order valence-corrected chi connectivity index (χ2v) is 6.48. The number of ketones is 1. The smallest absolute Gasteiger partial charge is 0.306 e. The number of nitrogens with zero attached hydrogens (tertiary/aromatic N) is 2. The summed E-state index contributed by atoms with van der Waals surface area (Å²) in [4.78, 5) is 29.0. The highest BCUT2D eigenvalue weighted by molar-refractivity contribution is 7.13. The van der Waals surface area contributed by atoms with Crippen molar-refractivity contribution in [3.63, 3.8) is 0 Å². The van der Waals surface area contributed by atoms with E-state index in [2.05, 4.69) is 10.1 Å². The van der Waals surface area contributed by atoms with E-state index in [1.807, 2.05) is 24.4 Å². The topological polar surface area (TPSA) is 91.5 Å². The molecule has 0 spiro atoms.